The van der Waals surface area contributed by atoms with Crippen LogP contribution in [-0.4, -0.2) is 34.6 Å². The average molecular weight is 422 g/mol. The van der Waals surface area contributed by atoms with Crippen LogP contribution in [0.2, 0.25) is 5.02 Å². The number of aromatic amines is 1. The smallest absolute Gasteiger partial charge is 0.358 e. The molecule has 9 nitrogen and oxygen atoms in total. The highest BCUT2D eigenvalue weighted by molar-refractivity contribution is 7.92. The number of sulfonamides is 1. The van der Waals surface area contributed by atoms with Crippen molar-refractivity contribution in [3.63, 3.8) is 0 Å². The molecule has 1 heterocycles. The number of aromatic nitrogens is 2. The molecule has 144 valence electrons. The maximum Gasteiger partial charge on any atom is 0.358 e. The summed E-state index contributed by atoms with van der Waals surface area (Å²) in [4.78, 5) is 28.9. The number of halogens is 1. The van der Waals surface area contributed by atoms with Crippen molar-refractivity contribution in [1.29, 1.82) is 0 Å². The number of nitrogens with zero attached hydrogens (tertiary/aromatic N) is 1. The fourth-order valence-electron chi connectivity index (χ4n) is 2.34. The predicted molar refractivity (Wildman–Crippen MR) is 101 cm³/mol. The number of carboxylic acids is 1. The molecule has 0 amide bonds. The lowest BCUT2D eigenvalue weighted by molar-refractivity contribution is 0.0686. The molecule has 3 aromatic rings. The molecule has 4 N–H and O–H groups in total. The lowest BCUT2D eigenvalue weighted by Crippen LogP contribution is -2.17. The highest BCUT2D eigenvalue weighted by Gasteiger charge is 2.21. The van der Waals surface area contributed by atoms with Gasteiger partial charge in [0.05, 0.1) is 10.6 Å². The third-order valence-electron chi connectivity index (χ3n) is 3.65. The number of carbonyl (C=O) groups is 1. The van der Waals surface area contributed by atoms with Gasteiger partial charge in [-0.05, 0) is 36.4 Å². The van der Waals surface area contributed by atoms with Gasteiger partial charge in [-0.3, -0.25) is 9.52 Å². The molecule has 0 saturated heterocycles. The summed E-state index contributed by atoms with van der Waals surface area (Å²) >= 11 is 5.77. The number of hydrogen-bond acceptors (Lipinski definition) is 6. The molecule has 28 heavy (non-hydrogen) atoms. The number of benzene rings is 2. The summed E-state index contributed by atoms with van der Waals surface area (Å²) in [7, 11) is -4.00. The van der Waals surface area contributed by atoms with Crippen LogP contribution in [0.1, 0.15) is 10.5 Å². The molecule has 0 aliphatic carbocycles. The van der Waals surface area contributed by atoms with Crippen molar-refractivity contribution >= 4 is 33.3 Å². The summed E-state index contributed by atoms with van der Waals surface area (Å²) in [5, 5.41) is 19.0. The number of nitrogens with one attached hydrogen (secondary N) is 2. The molecule has 0 spiro atoms. The number of anilines is 1. The van der Waals surface area contributed by atoms with Crippen molar-refractivity contribution in [3.8, 4) is 17.1 Å². The van der Waals surface area contributed by atoms with Crippen LogP contribution in [0.25, 0.3) is 11.4 Å². The van der Waals surface area contributed by atoms with E-state index in [4.69, 9.17) is 16.7 Å². The van der Waals surface area contributed by atoms with E-state index in [9.17, 15) is 23.1 Å². The number of aromatic hydroxyl groups is 1. The molecular weight excluding hydrogens is 410 g/mol. The molecule has 0 radical (unpaired) electrons. The number of aromatic carboxylic acids is 1. The first-order valence-electron chi connectivity index (χ1n) is 7.63. The first kappa shape index (κ1) is 19.4. The second kappa shape index (κ2) is 7.33. The Morgan fingerprint density at radius 3 is 2.39 bits per heavy atom. The van der Waals surface area contributed by atoms with Gasteiger partial charge in [0.2, 0.25) is 5.75 Å². The van der Waals surface area contributed by atoms with Crippen molar-refractivity contribution < 1.29 is 23.4 Å². The van der Waals surface area contributed by atoms with Gasteiger partial charge in [0, 0.05) is 10.6 Å². The Morgan fingerprint density at radius 1 is 1.11 bits per heavy atom. The van der Waals surface area contributed by atoms with Gasteiger partial charge in [0.25, 0.3) is 15.6 Å². The molecule has 0 unspecified atom stereocenters. The van der Waals surface area contributed by atoms with Gasteiger partial charge >= 0.3 is 5.97 Å². The zero-order valence-corrected chi connectivity index (χ0v) is 15.5. The normalized spacial score (nSPS) is 11.2. The van der Waals surface area contributed by atoms with Crippen molar-refractivity contribution in [3.05, 3.63) is 69.6 Å². The molecule has 1 aromatic heterocycles. The monoisotopic (exact) mass is 421 g/mol. The van der Waals surface area contributed by atoms with E-state index >= 15 is 0 Å². The SMILES string of the molecule is O=C(O)c1nc(-c2ccccc2NS(=O)(=O)c2ccc(Cl)cc2)[nH]c(=O)c1O. The predicted octanol–water partition coefficient (Wildman–Crippen LogP) is 2.29. The summed E-state index contributed by atoms with van der Waals surface area (Å²) in [6.45, 7) is 0. The van der Waals surface area contributed by atoms with E-state index in [1.54, 1.807) is 12.1 Å². The van der Waals surface area contributed by atoms with E-state index < -0.39 is 33.0 Å². The van der Waals surface area contributed by atoms with Crippen LogP contribution in [0.4, 0.5) is 5.69 Å². The first-order chi connectivity index (χ1) is 13.2. The van der Waals surface area contributed by atoms with E-state index in [-0.39, 0.29) is 22.0 Å². The van der Waals surface area contributed by atoms with Crippen molar-refractivity contribution in [1.82, 2.24) is 9.97 Å². The summed E-state index contributed by atoms with van der Waals surface area (Å²) < 4.78 is 27.6. The molecule has 2 aromatic carbocycles. The standard InChI is InChI=1S/C17H12ClN3O6S/c18-9-5-7-10(8-6-9)28(26,27)21-12-4-2-1-3-11(12)15-19-13(17(24)25)14(22)16(23)20-15/h1-8,21-22H,(H,24,25)(H,19,20,23). The lowest BCUT2D eigenvalue weighted by Gasteiger charge is -2.13. The zero-order valence-electron chi connectivity index (χ0n) is 13.9. The van der Waals surface area contributed by atoms with Gasteiger partial charge in [-0.1, -0.05) is 23.7 Å². The molecular formula is C17H12ClN3O6S. The maximum absolute atomic E-state index is 12.6. The second-order valence-electron chi connectivity index (χ2n) is 5.52. The molecule has 0 saturated carbocycles. The molecule has 11 heteroatoms. The van der Waals surface area contributed by atoms with E-state index in [0.29, 0.717) is 5.02 Å². The zero-order chi connectivity index (χ0) is 20.5. The van der Waals surface area contributed by atoms with Gasteiger partial charge in [0.15, 0.2) is 5.69 Å². The first-order valence-corrected chi connectivity index (χ1v) is 9.49. The van der Waals surface area contributed by atoms with Gasteiger partial charge < -0.3 is 15.2 Å². The van der Waals surface area contributed by atoms with Crippen LogP contribution in [-0.2, 0) is 10.0 Å². The third-order valence-corrected chi connectivity index (χ3v) is 5.28. The minimum absolute atomic E-state index is 0.0441. The molecule has 0 atom stereocenters. The summed E-state index contributed by atoms with van der Waals surface area (Å²) in [6.07, 6.45) is 0. The number of rotatable bonds is 5. The Bertz CT molecular complexity index is 1220. The Balaban J connectivity index is 2.09. The number of para-hydroxylation sites is 1. The van der Waals surface area contributed by atoms with Crippen molar-refractivity contribution in [2.75, 3.05) is 4.72 Å². The van der Waals surface area contributed by atoms with Crippen LogP contribution in [0.3, 0.4) is 0 Å². The van der Waals surface area contributed by atoms with Crippen LogP contribution in [0.5, 0.6) is 5.75 Å². The van der Waals surface area contributed by atoms with E-state index in [1.165, 1.54) is 36.4 Å². The summed E-state index contributed by atoms with van der Waals surface area (Å²) in [5.41, 5.74) is -1.77. The maximum atomic E-state index is 12.6. The van der Waals surface area contributed by atoms with Crippen LogP contribution < -0.4 is 10.3 Å². The van der Waals surface area contributed by atoms with E-state index in [2.05, 4.69) is 14.7 Å². The number of carboxylic acid groups (broad SMARTS) is 1. The van der Waals surface area contributed by atoms with Crippen LogP contribution >= 0.6 is 11.6 Å². The topological polar surface area (TPSA) is 149 Å². The molecule has 0 bridgehead atoms. The highest BCUT2D eigenvalue weighted by atomic mass is 35.5. The Kier molecular flexibility index (Phi) is 5.08. The van der Waals surface area contributed by atoms with Gasteiger partial charge in [-0.15, -0.1) is 0 Å². The van der Waals surface area contributed by atoms with Gasteiger partial charge in [0.1, 0.15) is 5.82 Å². The lowest BCUT2D eigenvalue weighted by atomic mass is 10.1. The number of H-pyrrole nitrogens is 1. The van der Waals surface area contributed by atoms with Gasteiger partial charge in [-0.25, -0.2) is 18.2 Å². The summed E-state index contributed by atoms with van der Waals surface area (Å²) in [5.74, 6) is -2.88. The fraction of sp³-hybridized carbons (Fsp3) is 0. The largest absolute Gasteiger partial charge is 0.501 e. The molecule has 0 aliphatic heterocycles. The van der Waals surface area contributed by atoms with Crippen molar-refractivity contribution in [2.24, 2.45) is 0 Å². The van der Waals surface area contributed by atoms with Gasteiger partial charge in [-0.2, -0.15) is 0 Å². The summed E-state index contributed by atoms with van der Waals surface area (Å²) in [6, 6.07) is 11.4. The molecule has 3 rings (SSSR count). The Morgan fingerprint density at radius 2 is 1.75 bits per heavy atom. The molecule has 0 fully saturated rings. The highest BCUT2D eigenvalue weighted by Crippen LogP contribution is 2.28. The van der Waals surface area contributed by atoms with E-state index in [0.717, 1.165) is 0 Å². The Hall–Kier alpha value is -3.37. The Labute approximate surface area is 163 Å². The second-order valence-corrected chi connectivity index (χ2v) is 7.64. The number of hydrogen-bond donors (Lipinski definition) is 4. The molecule has 0 aliphatic rings. The quantitative estimate of drug-likeness (QED) is 0.493. The van der Waals surface area contributed by atoms with Crippen LogP contribution in [0.15, 0.2) is 58.2 Å². The van der Waals surface area contributed by atoms with Crippen molar-refractivity contribution in [2.45, 2.75) is 4.90 Å². The average Bonchev–Trinajstić information content (AvgIpc) is 2.64. The minimum Gasteiger partial charge on any atom is -0.501 e. The fourth-order valence-corrected chi connectivity index (χ4v) is 3.55. The van der Waals surface area contributed by atoms with E-state index in [1.807, 2.05) is 0 Å². The third kappa shape index (κ3) is 3.82. The van der Waals surface area contributed by atoms with Crippen LogP contribution in [0, 0.1) is 0 Å². The minimum atomic E-state index is -4.00.